The molecule has 110 valence electrons. The van der Waals surface area contributed by atoms with Crippen molar-refractivity contribution in [1.29, 1.82) is 0 Å². The molecule has 0 bridgehead atoms. The van der Waals surface area contributed by atoms with Gasteiger partial charge in [0.15, 0.2) is 0 Å². The maximum atomic E-state index is 12.9. The number of rotatable bonds is 4. The number of nitrogens with one attached hydrogen (secondary N) is 1. The molecule has 0 saturated heterocycles. The van der Waals surface area contributed by atoms with Gasteiger partial charge in [-0.2, -0.15) is 8.78 Å². The van der Waals surface area contributed by atoms with Gasteiger partial charge < -0.3 is 5.32 Å². The van der Waals surface area contributed by atoms with E-state index in [1.165, 1.54) is 30.3 Å². The molecule has 0 atom stereocenters. The molecule has 0 saturated carbocycles. The molecule has 1 amide bonds. The lowest BCUT2D eigenvalue weighted by Crippen LogP contribution is -2.12. The molecule has 2 nitrogen and oxygen atoms in total. The Kier molecular flexibility index (Phi) is 5.14. The topological polar surface area (TPSA) is 29.1 Å². The summed E-state index contributed by atoms with van der Waals surface area (Å²) in [7, 11) is 0. The lowest BCUT2D eigenvalue weighted by Gasteiger charge is -2.07. The van der Waals surface area contributed by atoms with E-state index in [9.17, 15) is 18.0 Å². The average molecular weight is 332 g/mol. The van der Waals surface area contributed by atoms with Gasteiger partial charge in [0.2, 0.25) is 0 Å². The van der Waals surface area contributed by atoms with Crippen LogP contribution in [-0.4, -0.2) is 11.7 Å². The zero-order valence-electron chi connectivity index (χ0n) is 10.4. The molecule has 0 aliphatic heterocycles. The summed E-state index contributed by atoms with van der Waals surface area (Å²) in [5.74, 6) is -3.54. The summed E-state index contributed by atoms with van der Waals surface area (Å²) in [6, 6.07) is 9.38. The highest BCUT2D eigenvalue weighted by Crippen LogP contribution is 2.26. The van der Waals surface area contributed by atoms with Gasteiger partial charge in [0.25, 0.3) is 11.7 Å². The van der Waals surface area contributed by atoms with E-state index in [-0.39, 0.29) is 10.6 Å². The molecule has 0 spiro atoms. The Bertz CT molecular complexity index is 649. The van der Waals surface area contributed by atoms with E-state index < -0.39 is 17.5 Å². The molecule has 0 heterocycles. The first-order chi connectivity index (χ1) is 9.95. The first-order valence-corrected chi connectivity index (χ1v) is 7.03. The van der Waals surface area contributed by atoms with E-state index in [1.54, 1.807) is 0 Å². The number of halogens is 4. The van der Waals surface area contributed by atoms with Crippen LogP contribution in [-0.2, 0) is 0 Å². The monoisotopic (exact) mass is 331 g/mol. The Morgan fingerprint density at radius 1 is 1.14 bits per heavy atom. The normalized spacial score (nSPS) is 10.7. The van der Waals surface area contributed by atoms with Crippen LogP contribution in [0.25, 0.3) is 0 Å². The molecule has 7 heteroatoms. The number of hydrogen-bond donors (Lipinski definition) is 1. The Hall–Kier alpha value is -1.66. The second kappa shape index (κ2) is 6.87. The van der Waals surface area contributed by atoms with Crippen LogP contribution in [0.15, 0.2) is 47.4 Å². The third kappa shape index (κ3) is 4.41. The Balaban J connectivity index is 2.08. The molecule has 2 rings (SSSR count). The van der Waals surface area contributed by atoms with Crippen LogP contribution in [0.5, 0.6) is 0 Å². The Morgan fingerprint density at radius 2 is 1.81 bits per heavy atom. The van der Waals surface area contributed by atoms with E-state index in [4.69, 9.17) is 11.6 Å². The summed E-state index contributed by atoms with van der Waals surface area (Å²) in [6.07, 6.45) is 0. The second-order valence-electron chi connectivity index (χ2n) is 3.98. The Morgan fingerprint density at radius 3 is 2.38 bits per heavy atom. The molecule has 0 unspecified atom stereocenters. The SMILES string of the molecule is O=C(Nc1ccc(SC(F)F)cc1)c1ccc(F)cc1Cl. The number of amides is 1. The summed E-state index contributed by atoms with van der Waals surface area (Å²) >= 11 is 6.20. The number of carbonyl (C=O) groups excluding carboxylic acids is 1. The first kappa shape index (κ1) is 15.7. The predicted molar refractivity (Wildman–Crippen MR) is 77.7 cm³/mol. The highest BCUT2D eigenvalue weighted by Gasteiger charge is 2.11. The maximum absolute atomic E-state index is 12.9. The molecule has 1 N–H and O–H groups in total. The number of anilines is 1. The lowest BCUT2D eigenvalue weighted by atomic mass is 10.2. The summed E-state index contributed by atoms with van der Waals surface area (Å²) in [5.41, 5.74) is 0.558. The number of hydrogen-bond acceptors (Lipinski definition) is 2. The Labute approximate surface area is 128 Å². The highest BCUT2D eigenvalue weighted by atomic mass is 35.5. The van der Waals surface area contributed by atoms with Crippen molar-refractivity contribution in [2.75, 3.05) is 5.32 Å². The van der Waals surface area contributed by atoms with Crippen molar-refractivity contribution in [2.24, 2.45) is 0 Å². The van der Waals surface area contributed by atoms with Crippen molar-refractivity contribution < 1.29 is 18.0 Å². The predicted octanol–water partition coefficient (Wildman–Crippen LogP) is 5.05. The minimum atomic E-state index is -2.50. The van der Waals surface area contributed by atoms with Gasteiger partial charge >= 0.3 is 0 Å². The molecule has 0 fully saturated rings. The van der Waals surface area contributed by atoms with Crippen LogP contribution < -0.4 is 5.32 Å². The number of carbonyl (C=O) groups is 1. The molecule has 2 aromatic carbocycles. The first-order valence-electron chi connectivity index (χ1n) is 5.77. The van der Waals surface area contributed by atoms with Gasteiger partial charge in [0.05, 0.1) is 10.6 Å². The molecule has 0 aromatic heterocycles. The van der Waals surface area contributed by atoms with Gasteiger partial charge in [-0.1, -0.05) is 23.4 Å². The zero-order chi connectivity index (χ0) is 15.4. The van der Waals surface area contributed by atoms with Gasteiger partial charge in [-0.25, -0.2) is 4.39 Å². The van der Waals surface area contributed by atoms with Crippen molar-refractivity contribution in [2.45, 2.75) is 10.7 Å². The fraction of sp³-hybridized carbons (Fsp3) is 0.0714. The minimum Gasteiger partial charge on any atom is -0.322 e. The van der Waals surface area contributed by atoms with Crippen molar-refractivity contribution in [1.82, 2.24) is 0 Å². The van der Waals surface area contributed by atoms with Gasteiger partial charge in [-0.05, 0) is 42.5 Å². The number of alkyl halides is 2. The van der Waals surface area contributed by atoms with Crippen molar-refractivity contribution in [3.63, 3.8) is 0 Å². The smallest absolute Gasteiger partial charge is 0.288 e. The molecule has 0 radical (unpaired) electrons. The van der Waals surface area contributed by atoms with Crippen LogP contribution in [0.1, 0.15) is 10.4 Å². The van der Waals surface area contributed by atoms with Crippen LogP contribution >= 0.6 is 23.4 Å². The van der Waals surface area contributed by atoms with Crippen molar-refractivity contribution in [3.05, 3.63) is 58.9 Å². The van der Waals surface area contributed by atoms with Gasteiger partial charge in [-0.3, -0.25) is 4.79 Å². The third-order valence-corrected chi connectivity index (χ3v) is 3.55. The molecular formula is C14H9ClF3NOS. The highest BCUT2D eigenvalue weighted by molar-refractivity contribution is 7.99. The van der Waals surface area contributed by atoms with E-state index in [0.29, 0.717) is 22.3 Å². The van der Waals surface area contributed by atoms with E-state index >= 15 is 0 Å². The summed E-state index contributed by atoms with van der Waals surface area (Å²) in [6.45, 7) is 0. The summed E-state index contributed by atoms with van der Waals surface area (Å²) < 4.78 is 37.3. The summed E-state index contributed by atoms with van der Waals surface area (Å²) in [4.78, 5) is 12.4. The summed E-state index contributed by atoms with van der Waals surface area (Å²) in [5, 5.41) is 2.55. The van der Waals surface area contributed by atoms with Crippen LogP contribution in [0.3, 0.4) is 0 Å². The quantitative estimate of drug-likeness (QED) is 0.795. The molecular weight excluding hydrogens is 323 g/mol. The molecule has 0 aliphatic carbocycles. The van der Waals surface area contributed by atoms with E-state index in [1.807, 2.05) is 0 Å². The van der Waals surface area contributed by atoms with E-state index in [0.717, 1.165) is 12.1 Å². The van der Waals surface area contributed by atoms with Crippen LogP contribution in [0.4, 0.5) is 18.9 Å². The number of benzene rings is 2. The average Bonchev–Trinajstić information content (AvgIpc) is 2.40. The number of thioether (sulfide) groups is 1. The fourth-order valence-corrected chi connectivity index (χ4v) is 2.34. The largest absolute Gasteiger partial charge is 0.322 e. The third-order valence-electron chi connectivity index (χ3n) is 2.51. The zero-order valence-corrected chi connectivity index (χ0v) is 12.0. The molecule has 2 aromatic rings. The molecule has 21 heavy (non-hydrogen) atoms. The standard InChI is InChI=1S/C14H9ClF3NOS/c15-12-7-8(16)1-6-11(12)13(20)19-9-2-4-10(5-3-9)21-14(17)18/h1-7,14H,(H,19,20). The van der Waals surface area contributed by atoms with Crippen molar-refractivity contribution in [3.8, 4) is 0 Å². The fourth-order valence-electron chi connectivity index (χ4n) is 1.59. The van der Waals surface area contributed by atoms with E-state index in [2.05, 4.69) is 5.32 Å². The second-order valence-corrected chi connectivity index (χ2v) is 5.45. The van der Waals surface area contributed by atoms with Gasteiger partial charge in [0, 0.05) is 10.6 Å². The minimum absolute atomic E-state index is 0.00243. The van der Waals surface area contributed by atoms with Crippen LogP contribution in [0, 0.1) is 5.82 Å². The van der Waals surface area contributed by atoms with Crippen molar-refractivity contribution >= 4 is 35.0 Å². The van der Waals surface area contributed by atoms with Gasteiger partial charge in [0.1, 0.15) is 5.82 Å². The van der Waals surface area contributed by atoms with Crippen LogP contribution in [0.2, 0.25) is 5.02 Å². The lowest BCUT2D eigenvalue weighted by molar-refractivity contribution is 0.102. The molecule has 0 aliphatic rings. The van der Waals surface area contributed by atoms with Gasteiger partial charge in [-0.15, -0.1) is 0 Å². The maximum Gasteiger partial charge on any atom is 0.288 e.